The van der Waals surface area contributed by atoms with Crippen molar-refractivity contribution in [3.8, 4) is 5.69 Å². The number of carbonyl (C=O) groups is 2. The van der Waals surface area contributed by atoms with Crippen LogP contribution in [0.1, 0.15) is 39.0 Å². The molecule has 1 N–H and O–H groups in total. The first-order valence-corrected chi connectivity index (χ1v) is 8.42. The molecule has 3 aromatic rings. The fourth-order valence-electron chi connectivity index (χ4n) is 2.64. The summed E-state index contributed by atoms with van der Waals surface area (Å²) in [6.07, 6.45) is 0. The van der Waals surface area contributed by atoms with Crippen LogP contribution in [0.15, 0.2) is 48.5 Å². The average Bonchev–Trinajstić information content (AvgIpc) is 3.07. The molecule has 0 atom stereocenters. The average molecular weight is 364 g/mol. The van der Waals surface area contributed by atoms with Crippen molar-refractivity contribution in [2.45, 2.75) is 20.5 Å². The zero-order valence-corrected chi connectivity index (χ0v) is 15.4. The van der Waals surface area contributed by atoms with E-state index in [0.29, 0.717) is 16.9 Å². The maximum Gasteiger partial charge on any atom is 0.278 e. The first-order valence-electron chi connectivity index (χ1n) is 8.42. The minimum Gasteiger partial charge on any atom is -0.378 e. The highest BCUT2D eigenvalue weighted by Gasteiger charge is 2.21. The molecule has 0 aliphatic rings. The number of nitrogens with one attached hydrogen (secondary N) is 1. The molecule has 7 nitrogen and oxygen atoms in total. The summed E-state index contributed by atoms with van der Waals surface area (Å²) in [4.78, 5) is 24.2. The van der Waals surface area contributed by atoms with Crippen molar-refractivity contribution in [2.24, 2.45) is 0 Å². The van der Waals surface area contributed by atoms with Crippen molar-refractivity contribution in [3.63, 3.8) is 0 Å². The smallest absolute Gasteiger partial charge is 0.278 e. The summed E-state index contributed by atoms with van der Waals surface area (Å²) in [6, 6.07) is 14.5. The van der Waals surface area contributed by atoms with E-state index in [9.17, 15) is 9.59 Å². The van der Waals surface area contributed by atoms with Crippen LogP contribution in [0.2, 0.25) is 0 Å². The summed E-state index contributed by atoms with van der Waals surface area (Å²) in [5.41, 5.74) is 3.66. The summed E-state index contributed by atoms with van der Waals surface area (Å²) in [5.74, 6) is -0.488. The number of methoxy groups -OCH3 is 1. The third kappa shape index (κ3) is 4.09. The summed E-state index contributed by atoms with van der Waals surface area (Å²) in [5, 5.41) is 10.9. The van der Waals surface area contributed by atoms with E-state index in [4.69, 9.17) is 4.74 Å². The molecule has 0 bridgehead atoms. The Hall–Kier alpha value is -3.32. The minimum atomic E-state index is -0.416. The monoisotopic (exact) mass is 364 g/mol. The summed E-state index contributed by atoms with van der Waals surface area (Å²) >= 11 is 0. The van der Waals surface area contributed by atoms with Gasteiger partial charge in [-0.1, -0.05) is 35.0 Å². The second kappa shape index (κ2) is 7.92. The number of aromatic nitrogens is 3. The zero-order valence-electron chi connectivity index (χ0n) is 15.4. The number of hydrogen-bond acceptors (Lipinski definition) is 5. The molecule has 1 aromatic heterocycles. The molecule has 0 saturated heterocycles. The Balaban J connectivity index is 1.91. The van der Waals surface area contributed by atoms with Crippen LogP contribution in [0.3, 0.4) is 0 Å². The van der Waals surface area contributed by atoms with Crippen molar-refractivity contribution >= 4 is 17.4 Å². The number of ketones is 1. The molecule has 0 spiro atoms. The van der Waals surface area contributed by atoms with Crippen LogP contribution in [0.5, 0.6) is 0 Å². The highest BCUT2D eigenvalue weighted by molar-refractivity contribution is 6.04. The Morgan fingerprint density at radius 2 is 1.89 bits per heavy atom. The Labute approximate surface area is 157 Å². The van der Waals surface area contributed by atoms with Gasteiger partial charge in [-0.3, -0.25) is 9.59 Å². The van der Waals surface area contributed by atoms with Gasteiger partial charge in [0.05, 0.1) is 12.3 Å². The molecule has 2 aromatic carbocycles. The quantitative estimate of drug-likeness (QED) is 0.679. The molecule has 0 saturated carbocycles. The highest BCUT2D eigenvalue weighted by atomic mass is 16.5. The number of carbonyl (C=O) groups excluding carboxylic acids is 2. The van der Waals surface area contributed by atoms with E-state index in [1.807, 2.05) is 31.2 Å². The van der Waals surface area contributed by atoms with Crippen LogP contribution in [-0.2, 0) is 11.3 Å². The van der Waals surface area contributed by atoms with Gasteiger partial charge in [0.15, 0.2) is 11.5 Å². The van der Waals surface area contributed by atoms with Gasteiger partial charge in [0.25, 0.3) is 5.91 Å². The second-order valence-electron chi connectivity index (χ2n) is 6.16. The van der Waals surface area contributed by atoms with Crippen LogP contribution in [0, 0.1) is 6.92 Å². The molecule has 0 aliphatic heterocycles. The van der Waals surface area contributed by atoms with Gasteiger partial charge in [-0.15, -0.1) is 5.10 Å². The number of Topliss-reactive ketones (excluding diaryl/α,β-unsaturated/α-hetero) is 1. The summed E-state index contributed by atoms with van der Waals surface area (Å²) in [6.45, 7) is 3.65. The third-order valence-electron chi connectivity index (χ3n) is 4.06. The van der Waals surface area contributed by atoms with Crippen LogP contribution in [0.4, 0.5) is 5.69 Å². The van der Waals surface area contributed by atoms with Gasteiger partial charge >= 0.3 is 0 Å². The van der Waals surface area contributed by atoms with Gasteiger partial charge in [-0.05, 0) is 38.1 Å². The highest BCUT2D eigenvalue weighted by Crippen LogP contribution is 2.17. The predicted octanol–water partition coefficient (Wildman–Crippen LogP) is 3.18. The van der Waals surface area contributed by atoms with E-state index >= 15 is 0 Å². The van der Waals surface area contributed by atoms with E-state index in [1.54, 1.807) is 36.1 Å². The number of benzene rings is 2. The first-order chi connectivity index (χ1) is 13.0. The van der Waals surface area contributed by atoms with Crippen molar-refractivity contribution in [1.82, 2.24) is 15.0 Å². The second-order valence-corrected chi connectivity index (χ2v) is 6.16. The third-order valence-corrected chi connectivity index (χ3v) is 4.06. The van der Waals surface area contributed by atoms with E-state index in [2.05, 4.69) is 15.6 Å². The van der Waals surface area contributed by atoms with E-state index in [0.717, 1.165) is 11.3 Å². The van der Waals surface area contributed by atoms with Crippen LogP contribution in [-0.4, -0.2) is 33.8 Å². The summed E-state index contributed by atoms with van der Waals surface area (Å²) in [7, 11) is 1.55. The Kier molecular flexibility index (Phi) is 5.42. The molecule has 1 amide bonds. The van der Waals surface area contributed by atoms with Gasteiger partial charge < -0.3 is 10.1 Å². The lowest BCUT2D eigenvalue weighted by Crippen LogP contribution is -2.16. The predicted molar refractivity (Wildman–Crippen MR) is 101 cm³/mol. The number of ether oxygens (including phenoxy) is 1. The fraction of sp³-hybridized carbons (Fsp3) is 0.200. The zero-order chi connectivity index (χ0) is 19.4. The molecule has 0 radical (unpaired) electrons. The van der Waals surface area contributed by atoms with Crippen LogP contribution < -0.4 is 5.32 Å². The van der Waals surface area contributed by atoms with Crippen LogP contribution >= 0.6 is 0 Å². The Bertz CT molecular complexity index is 977. The van der Waals surface area contributed by atoms with Gasteiger partial charge in [0.2, 0.25) is 0 Å². The Morgan fingerprint density at radius 3 is 2.56 bits per heavy atom. The number of amides is 1. The van der Waals surface area contributed by atoms with Gasteiger partial charge in [0, 0.05) is 18.4 Å². The standard InChI is InChI=1S/C20H20N4O3/c1-13-7-9-17(10-8-13)24-18(12-27-3)19(22-23-24)20(26)21-16-6-4-5-15(11-16)14(2)25/h4-11H,12H2,1-3H3,(H,21,26). The van der Waals surface area contributed by atoms with E-state index in [1.165, 1.54) is 6.92 Å². The number of hydrogen-bond donors (Lipinski definition) is 1. The number of anilines is 1. The first kappa shape index (κ1) is 18.5. The number of rotatable bonds is 6. The van der Waals surface area contributed by atoms with Crippen LogP contribution in [0.25, 0.3) is 5.69 Å². The van der Waals surface area contributed by atoms with Gasteiger partial charge in [-0.2, -0.15) is 0 Å². The molecule has 27 heavy (non-hydrogen) atoms. The molecular formula is C20H20N4O3. The lowest BCUT2D eigenvalue weighted by atomic mass is 10.1. The van der Waals surface area contributed by atoms with Crippen molar-refractivity contribution in [2.75, 3.05) is 12.4 Å². The van der Waals surface area contributed by atoms with E-state index < -0.39 is 5.91 Å². The van der Waals surface area contributed by atoms with Crippen molar-refractivity contribution < 1.29 is 14.3 Å². The molecule has 0 aliphatic carbocycles. The number of aryl methyl sites for hydroxylation is 1. The molecular weight excluding hydrogens is 344 g/mol. The molecule has 3 rings (SSSR count). The molecule has 7 heteroatoms. The molecule has 1 heterocycles. The van der Waals surface area contributed by atoms with Crippen molar-refractivity contribution in [1.29, 1.82) is 0 Å². The van der Waals surface area contributed by atoms with Crippen molar-refractivity contribution in [3.05, 3.63) is 71.0 Å². The SMILES string of the molecule is COCc1c(C(=O)Nc2cccc(C(C)=O)c2)nnn1-c1ccc(C)cc1. The summed E-state index contributed by atoms with van der Waals surface area (Å²) < 4.78 is 6.83. The number of nitrogens with zero attached hydrogens (tertiary/aromatic N) is 3. The maximum absolute atomic E-state index is 12.7. The maximum atomic E-state index is 12.7. The molecule has 138 valence electrons. The Morgan fingerprint density at radius 1 is 1.15 bits per heavy atom. The lowest BCUT2D eigenvalue weighted by Gasteiger charge is -2.08. The topological polar surface area (TPSA) is 86.1 Å². The normalized spacial score (nSPS) is 10.6. The lowest BCUT2D eigenvalue weighted by molar-refractivity contribution is 0.100. The molecule has 0 fully saturated rings. The van der Waals surface area contributed by atoms with E-state index in [-0.39, 0.29) is 18.1 Å². The van der Waals surface area contributed by atoms with Gasteiger partial charge in [-0.25, -0.2) is 4.68 Å². The molecule has 0 unspecified atom stereocenters. The largest absolute Gasteiger partial charge is 0.378 e. The fourth-order valence-corrected chi connectivity index (χ4v) is 2.64. The van der Waals surface area contributed by atoms with Gasteiger partial charge in [0.1, 0.15) is 5.69 Å². The minimum absolute atomic E-state index is 0.0727.